The monoisotopic (exact) mass is 388 g/mol. The molecule has 4 nitrogen and oxygen atoms in total. The van der Waals surface area contributed by atoms with E-state index in [-0.39, 0.29) is 20.9 Å². The second kappa shape index (κ2) is 7.48. The molecule has 118 valence electrons. The van der Waals surface area contributed by atoms with Gasteiger partial charge in [0.1, 0.15) is 11.9 Å². The van der Waals surface area contributed by atoms with Crippen LogP contribution < -0.4 is 4.74 Å². The zero-order valence-electron chi connectivity index (χ0n) is 10.7. The van der Waals surface area contributed by atoms with E-state index in [1.165, 1.54) is 13.0 Å². The third kappa shape index (κ3) is 6.25. The number of alkyl halides is 3. The first kappa shape index (κ1) is 18.3. The van der Waals surface area contributed by atoms with Gasteiger partial charge in [-0.05, 0) is 17.7 Å². The summed E-state index contributed by atoms with van der Waals surface area (Å²) in [7, 11) is 0. The van der Waals surface area contributed by atoms with Crippen molar-refractivity contribution in [2.24, 2.45) is 0 Å². The molecule has 0 fully saturated rings. The Morgan fingerprint density at radius 1 is 1.43 bits per heavy atom. The summed E-state index contributed by atoms with van der Waals surface area (Å²) in [5.74, 6) is -0.470. The lowest BCUT2D eigenvalue weighted by Crippen LogP contribution is -2.22. The molecule has 0 aliphatic carbocycles. The predicted molar refractivity (Wildman–Crippen MR) is 74.9 cm³/mol. The van der Waals surface area contributed by atoms with Gasteiger partial charge in [-0.15, -0.1) is 13.2 Å². The van der Waals surface area contributed by atoms with Crippen LogP contribution in [0.25, 0.3) is 0 Å². The van der Waals surface area contributed by atoms with Gasteiger partial charge in [0.2, 0.25) is 0 Å². The van der Waals surface area contributed by atoms with Crippen molar-refractivity contribution < 1.29 is 32.9 Å². The Bertz CT molecular complexity index is 510. The number of thioether (sulfide) groups is 1. The number of carbonyl (C=O) groups excluding carboxylic acids is 1. The highest BCUT2D eigenvalue weighted by atomic mass is 79.9. The van der Waals surface area contributed by atoms with E-state index in [4.69, 9.17) is 0 Å². The number of carbonyl (C=O) groups is 1. The lowest BCUT2D eigenvalue weighted by Gasteiger charge is -2.19. The minimum atomic E-state index is -4.81. The molecule has 1 aromatic rings. The van der Waals surface area contributed by atoms with Crippen molar-refractivity contribution in [2.75, 3.05) is 5.75 Å². The number of hydrogen-bond acceptors (Lipinski definition) is 5. The maximum Gasteiger partial charge on any atom is 0.573 e. The molecule has 0 bridgehead atoms. The Hall–Kier alpha value is -0.770. The highest BCUT2D eigenvalue weighted by molar-refractivity contribution is 9.10. The number of aliphatic hydroxyl groups excluding tert-OH is 2. The molecule has 1 rings (SSSR count). The van der Waals surface area contributed by atoms with Crippen molar-refractivity contribution in [1.29, 1.82) is 0 Å². The van der Waals surface area contributed by atoms with Gasteiger partial charge in [0, 0.05) is 17.1 Å². The van der Waals surface area contributed by atoms with E-state index in [1.54, 1.807) is 0 Å². The number of aliphatic hydroxyl groups is 2. The van der Waals surface area contributed by atoms with Crippen LogP contribution in [0.2, 0.25) is 0 Å². The fraction of sp³-hybridized carbons (Fsp3) is 0.417. The number of hydrogen-bond donors (Lipinski definition) is 2. The van der Waals surface area contributed by atoms with Gasteiger partial charge in [0.15, 0.2) is 5.12 Å². The molecule has 21 heavy (non-hydrogen) atoms. The van der Waals surface area contributed by atoms with Gasteiger partial charge in [-0.2, -0.15) is 0 Å². The summed E-state index contributed by atoms with van der Waals surface area (Å²) in [4.78, 5) is 10.8. The number of halogens is 4. The average Bonchev–Trinajstić information content (AvgIpc) is 2.33. The number of benzene rings is 1. The second-order valence-electron chi connectivity index (χ2n) is 4.05. The van der Waals surface area contributed by atoms with Gasteiger partial charge < -0.3 is 14.9 Å². The summed E-state index contributed by atoms with van der Waals surface area (Å²) in [5.41, 5.74) is 0.196. The van der Waals surface area contributed by atoms with Gasteiger partial charge in [-0.25, -0.2) is 0 Å². The average molecular weight is 389 g/mol. The lowest BCUT2D eigenvalue weighted by atomic mass is 10.1. The molecular weight excluding hydrogens is 377 g/mol. The van der Waals surface area contributed by atoms with Crippen molar-refractivity contribution >= 4 is 32.8 Å². The van der Waals surface area contributed by atoms with E-state index in [0.29, 0.717) is 0 Å². The molecule has 0 radical (unpaired) electrons. The fourth-order valence-corrected chi connectivity index (χ4v) is 2.63. The summed E-state index contributed by atoms with van der Waals surface area (Å²) in [6, 6.07) is 3.27. The van der Waals surface area contributed by atoms with E-state index in [9.17, 15) is 28.2 Å². The quantitative estimate of drug-likeness (QED) is 0.811. The summed E-state index contributed by atoms with van der Waals surface area (Å²) >= 11 is 3.85. The van der Waals surface area contributed by atoms with E-state index in [0.717, 1.165) is 23.9 Å². The van der Waals surface area contributed by atoms with Gasteiger partial charge >= 0.3 is 6.36 Å². The summed E-state index contributed by atoms with van der Waals surface area (Å²) in [6.07, 6.45) is -7.38. The Labute approximate surface area is 131 Å². The maximum absolute atomic E-state index is 12.1. The number of rotatable bonds is 5. The van der Waals surface area contributed by atoms with Crippen LogP contribution in [0, 0.1) is 0 Å². The van der Waals surface area contributed by atoms with Crippen LogP contribution in [0.4, 0.5) is 13.2 Å². The van der Waals surface area contributed by atoms with Crippen molar-refractivity contribution in [1.82, 2.24) is 0 Å². The fourth-order valence-electron chi connectivity index (χ4n) is 1.45. The Morgan fingerprint density at radius 3 is 2.52 bits per heavy atom. The zero-order valence-corrected chi connectivity index (χ0v) is 13.1. The van der Waals surface area contributed by atoms with Crippen LogP contribution in [0.1, 0.15) is 18.6 Å². The van der Waals surface area contributed by atoms with Crippen molar-refractivity contribution in [3.8, 4) is 5.75 Å². The molecule has 2 N–H and O–H groups in total. The molecule has 0 aliphatic rings. The maximum atomic E-state index is 12.1. The SMILES string of the molecule is CC(=O)SCC(O)C(O)c1ccc(OC(F)(F)F)cc1Br. The number of ether oxygens (including phenoxy) is 1. The zero-order chi connectivity index (χ0) is 16.2. The largest absolute Gasteiger partial charge is 0.573 e. The van der Waals surface area contributed by atoms with Gasteiger partial charge in [0.05, 0.1) is 6.10 Å². The Morgan fingerprint density at radius 2 is 2.05 bits per heavy atom. The first-order valence-corrected chi connectivity index (χ1v) is 7.42. The highest BCUT2D eigenvalue weighted by Crippen LogP contribution is 2.32. The molecule has 0 saturated carbocycles. The lowest BCUT2D eigenvalue weighted by molar-refractivity contribution is -0.274. The summed E-state index contributed by atoms with van der Waals surface area (Å²) in [5, 5.41) is 19.5. The van der Waals surface area contributed by atoms with Crippen molar-refractivity contribution in [3.63, 3.8) is 0 Å². The first-order valence-electron chi connectivity index (χ1n) is 5.65. The van der Waals surface area contributed by atoms with E-state index < -0.39 is 24.3 Å². The summed E-state index contributed by atoms with van der Waals surface area (Å²) in [6.45, 7) is 1.32. The van der Waals surface area contributed by atoms with Gasteiger partial charge in [0.25, 0.3) is 0 Å². The minimum Gasteiger partial charge on any atom is -0.406 e. The molecule has 0 heterocycles. The topological polar surface area (TPSA) is 66.8 Å². The van der Waals surface area contributed by atoms with E-state index in [2.05, 4.69) is 20.7 Å². The Balaban J connectivity index is 2.81. The molecule has 1 aromatic carbocycles. The first-order chi connectivity index (χ1) is 9.60. The Kier molecular flexibility index (Phi) is 6.51. The van der Waals surface area contributed by atoms with Gasteiger partial charge in [-0.1, -0.05) is 33.8 Å². The minimum absolute atomic E-state index is 0.0241. The molecule has 0 amide bonds. The van der Waals surface area contributed by atoms with E-state index in [1.807, 2.05) is 0 Å². The van der Waals surface area contributed by atoms with Crippen LogP contribution in [0.5, 0.6) is 5.75 Å². The van der Waals surface area contributed by atoms with Crippen LogP contribution >= 0.6 is 27.7 Å². The van der Waals surface area contributed by atoms with Crippen LogP contribution in [0.15, 0.2) is 22.7 Å². The summed E-state index contributed by atoms with van der Waals surface area (Å²) < 4.78 is 40.1. The molecule has 0 spiro atoms. The molecule has 0 aromatic heterocycles. The van der Waals surface area contributed by atoms with Crippen LogP contribution in [-0.2, 0) is 4.79 Å². The smallest absolute Gasteiger partial charge is 0.406 e. The highest BCUT2D eigenvalue weighted by Gasteiger charge is 2.31. The predicted octanol–water partition coefficient (Wildman–Crippen LogP) is 3.02. The van der Waals surface area contributed by atoms with Crippen LogP contribution in [-0.4, -0.2) is 33.5 Å². The van der Waals surface area contributed by atoms with E-state index >= 15 is 0 Å². The molecule has 9 heteroatoms. The molecule has 0 saturated heterocycles. The normalized spacial score (nSPS) is 14.6. The van der Waals surface area contributed by atoms with Crippen molar-refractivity contribution in [3.05, 3.63) is 28.2 Å². The van der Waals surface area contributed by atoms with Crippen LogP contribution in [0.3, 0.4) is 0 Å². The third-order valence-electron chi connectivity index (χ3n) is 2.35. The third-order valence-corrected chi connectivity index (χ3v) is 3.95. The van der Waals surface area contributed by atoms with Gasteiger partial charge in [-0.3, -0.25) is 4.79 Å². The molecule has 2 unspecified atom stereocenters. The second-order valence-corrected chi connectivity index (χ2v) is 6.10. The molecular formula is C12H12BrF3O4S. The molecule has 0 aliphatic heterocycles. The molecule has 2 atom stereocenters. The van der Waals surface area contributed by atoms with Crippen molar-refractivity contribution in [2.45, 2.75) is 25.5 Å². The standard InChI is InChI=1S/C12H12BrF3O4S/c1-6(17)21-5-10(18)11(19)8-3-2-7(4-9(8)13)20-12(14,15)16/h2-4,10-11,18-19H,5H2,1H3.